The lowest BCUT2D eigenvalue weighted by molar-refractivity contribution is 0.0599. The molecule has 80 valence electrons. The highest BCUT2D eigenvalue weighted by Gasteiger charge is 2.44. The molecule has 1 aliphatic carbocycles. The van der Waals surface area contributed by atoms with E-state index in [1.807, 2.05) is 0 Å². The Bertz CT molecular complexity index is 410. The minimum Gasteiger partial charge on any atom is -0.508 e. The largest absolute Gasteiger partial charge is 0.508 e. The molecule has 1 N–H and O–H groups in total. The summed E-state index contributed by atoms with van der Waals surface area (Å²) in [6.45, 7) is 0. The first-order valence-electron chi connectivity index (χ1n) is 4.67. The fraction of sp³-hybridized carbons (Fsp3) is 0.364. The molecule has 1 saturated carbocycles. The number of aromatic hydroxyl groups is 1. The van der Waals surface area contributed by atoms with E-state index < -0.39 is 10.8 Å². The van der Waals surface area contributed by atoms with Gasteiger partial charge in [0.25, 0.3) is 0 Å². The highest BCUT2D eigenvalue weighted by atomic mass is 35.5. The predicted molar refractivity (Wildman–Crippen MR) is 56.2 cm³/mol. The van der Waals surface area contributed by atoms with Crippen molar-refractivity contribution in [1.29, 1.82) is 0 Å². The number of carbonyl (C=O) groups is 1. The molecule has 0 aromatic heterocycles. The maximum Gasteiger partial charge on any atom is 0.338 e. The summed E-state index contributed by atoms with van der Waals surface area (Å²) in [6, 6.07) is 4.53. The molecule has 0 spiro atoms. The molecule has 0 radical (unpaired) electrons. The lowest BCUT2D eigenvalue weighted by Gasteiger charge is -2.12. The Morgan fingerprint density at radius 1 is 1.53 bits per heavy atom. The molecule has 15 heavy (non-hydrogen) atoms. The molecule has 0 saturated heterocycles. The van der Waals surface area contributed by atoms with Crippen LogP contribution in [0.25, 0.3) is 0 Å². The summed E-state index contributed by atoms with van der Waals surface area (Å²) in [5.74, 6) is -0.304. The van der Waals surface area contributed by atoms with Crippen LogP contribution in [-0.2, 0) is 9.61 Å². The molecular weight excluding hydrogens is 216 g/mol. The molecule has 1 aromatic carbocycles. The normalized spacial score (nSPS) is 17.2. The van der Waals surface area contributed by atoms with Gasteiger partial charge in [-0.1, -0.05) is 0 Å². The van der Waals surface area contributed by atoms with Gasteiger partial charge in [0.1, 0.15) is 5.75 Å². The Kier molecular flexibility index (Phi) is 2.35. The summed E-state index contributed by atoms with van der Waals surface area (Å²) in [5, 5.41) is 9.37. The van der Waals surface area contributed by atoms with Gasteiger partial charge < -0.3 is 9.84 Å². The SMILES string of the molecule is COC(=O)c1ccc(O)cc1C1(Cl)CC1. The van der Waals surface area contributed by atoms with Crippen molar-refractivity contribution in [1.82, 2.24) is 0 Å². The Labute approximate surface area is 92.6 Å². The van der Waals surface area contributed by atoms with E-state index in [0.29, 0.717) is 11.1 Å². The van der Waals surface area contributed by atoms with Crippen molar-refractivity contribution in [3.05, 3.63) is 29.3 Å². The molecule has 4 heteroatoms. The third-order valence-corrected chi connectivity index (χ3v) is 3.16. The van der Waals surface area contributed by atoms with Crippen LogP contribution < -0.4 is 0 Å². The molecular formula is C11H11ClO3. The zero-order valence-corrected chi connectivity index (χ0v) is 9.04. The van der Waals surface area contributed by atoms with E-state index in [2.05, 4.69) is 4.74 Å². The van der Waals surface area contributed by atoms with Crippen LogP contribution in [0.15, 0.2) is 18.2 Å². The monoisotopic (exact) mass is 226 g/mol. The van der Waals surface area contributed by atoms with Gasteiger partial charge in [0.15, 0.2) is 0 Å². The second-order valence-electron chi connectivity index (χ2n) is 3.69. The van der Waals surface area contributed by atoms with Gasteiger partial charge in [0, 0.05) is 0 Å². The van der Waals surface area contributed by atoms with Gasteiger partial charge in [-0.2, -0.15) is 0 Å². The first-order chi connectivity index (χ1) is 7.07. The third kappa shape index (κ3) is 1.79. The molecule has 1 fully saturated rings. The summed E-state index contributed by atoms with van der Waals surface area (Å²) in [5.41, 5.74) is 1.10. The van der Waals surface area contributed by atoms with Gasteiger partial charge in [-0.15, -0.1) is 11.6 Å². The number of phenols is 1. The maximum atomic E-state index is 11.5. The standard InChI is InChI=1S/C11H11ClO3/c1-15-10(14)8-3-2-7(13)6-9(8)11(12)4-5-11/h2-3,6,13H,4-5H2,1H3. The highest BCUT2D eigenvalue weighted by molar-refractivity contribution is 6.26. The lowest BCUT2D eigenvalue weighted by atomic mass is 10.0. The smallest absolute Gasteiger partial charge is 0.338 e. The minimum atomic E-state index is -0.484. The van der Waals surface area contributed by atoms with Crippen LogP contribution in [0.2, 0.25) is 0 Å². The van der Waals surface area contributed by atoms with Crippen LogP contribution >= 0.6 is 11.6 Å². The summed E-state index contributed by atoms with van der Waals surface area (Å²) >= 11 is 6.23. The summed E-state index contributed by atoms with van der Waals surface area (Å²) in [7, 11) is 1.33. The lowest BCUT2D eigenvalue weighted by Crippen LogP contribution is -2.09. The predicted octanol–water partition coefficient (Wildman–Crippen LogP) is 2.41. The number of phenolic OH excluding ortho intramolecular Hbond substituents is 1. The van der Waals surface area contributed by atoms with Crippen LogP contribution in [0, 0.1) is 0 Å². The van der Waals surface area contributed by atoms with Crippen molar-refractivity contribution in [2.45, 2.75) is 17.7 Å². The Balaban J connectivity index is 2.49. The molecule has 2 rings (SSSR count). The van der Waals surface area contributed by atoms with E-state index in [1.165, 1.54) is 19.2 Å². The quantitative estimate of drug-likeness (QED) is 0.622. The van der Waals surface area contributed by atoms with Crippen molar-refractivity contribution in [3.63, 3.8) is 0 Å². The molecule has 0 bridgehead atoms. The topological polar surface area (TPSA) is 46.5 Å². The zero-order chi connectivity index (χ0) is 11.1. The van der Waals surface area contributed by atoms with E-state index >= 15 is 0 Å². The van der Waals surface area contributed by atoms with Crippen LogP contribution in [0.5, 0.6) is 5.75 Å². The summed E-state index contributed by atoms with van der Waals surface area (Å²) in [4.78, 5) is 11.0. The number of benzene rings is 1. The highest BCUT2D eigenvalue weighted by Crippen LogP contribution is 2.53. The molecule has 0 amide bonds. The Hall–Kier alpha value is -1.22. The van der Waals surface area contributed by atoms with Crippen LogP contribution in [0.4, 0.5) is 0 Å². The average molecular weight is 227 g/mol. The molecule has 1 aliphatic rings. The number of hydrogen-bond donors (Lipinski definition) is 1. The van der Waals surface area contributed by atoms with Gasteiger partial charge in [-0.3, -0.25) is 0 Å². The summed E-state index contributed by atoms with van der Waals surface area (Å²) < 4.78 is 4.66. The van der Waals surface area contributed by atoms with E-state index in [1.54, 1.807) is 6.07 Å². The second-order valence-corrected chi connectivity index (χ2v) is 4.41. The maximum absolute atomic E-state index is 11.5. The Morgan fingerprint density at radius 3 is 2.73 bits per heavy atom. The first-order valence-corrected chi connectivity index (χ1v) is 5.05. The number of rotatable bonds is 2. The van der Waals surface area contributed by atoms with Gasteiger partial charge >= 0.3 is 5.97 Å². The zero-order valence-electron chi connectivity index (χ0n) is 8.29. The summed E-state index contributed by atoms with van der Waals surface area (Å²) in [6.07, 6.45) is 1.64. The molecule has 0 heterocycles. The number of ether oxygens (including phenoxy) is 1. The van der Waals surface area contributed by atoms with Gasteiger partial charge in [-0.05, 0) is 36.6 Å². The van der Waals surface area contributed by atoms with E-state index in [4.69, 9.17) is 11.6 Å². The van der Waals surface area contributed by atoms with Gasteiger partial charge in [0.2, 0.25) is 0 Å². The van der Waals surface area contributed by atoms with Crippen molar-refractivity contribution in [3.8, 4) is 5.75 Å². The first kappa shape index (κ1) is 10.3. The fourth-order valence-electron chi connectivity index (χ4n) is 1.57. The van der Waals surface area contributed by atoms with E-state index in [0.717, 1.165) is 12.8 Å². The minimum absolute atomic E-state index is 0.115. The van der Waals surface area contributed by atoms with Crippen molar-refractivity contribution < 1.29 is 14.6 Å². The van der Waals surface area contributed by atoms with Gasteiger partial charge in [-0.25, -0.2) is 4.79 Å². The van der Waals surface area contributed by atoms with Crippen molar-refractivity contribution >= 4 is 17.6 Å². The fourth-order valence-corrected chi connectivity index (χ4v) is 1.82. The second kappa shape index (κ2) is 3.42. The number of alkyl halides is 1. The molecule has 3 nitrogen and oxygen atoms in total. The van der Waals surface area contributed by atoms with E-state index in [-0.39, 0.29) is 5.75 Å². The number of methoxy groups -OCH3 is 1. The van der Waals surface area contributed by atoms with Crippen LogP contribution in [0.3, 0.4) is 0 Å². The third-order valence-electron chi connectivity index (χ3n) is 2.58. The van der Waals surface area contributed by atoms with Crippen LogP contribution in [-0.4, -0.2) is 18.2 Å². The molecule has 0 unspecified atom stereocenters. The van der Waals surface area contributed by atoms with Crippen molar-refractivity contribution in [2.24, 2.45) is 0 Å². The average Bonchev–Trinajstić information content (AvgIpc) is 2.97. The molecule has 1 aromatic rings. The number of carbonyl (C=O) groups excluding carboxylic acids is 1. The Morgan fingerprint density at radius 2 is 2.20 bits per heavy atom. The van der Waals surface area contributed by atoms with Crippen molar-refractivity contribution in [2.75, 3.05) is 7.11 Å². The van der Waals surface area contributed by atoms with Crippen LogP contribution in [0.1, 0.15) is 28.8 Å². The number of halogens is 1. The van der Waals surface area contributed by atoms with Gasteiger partial charge in [0.05, 0.1) is 17.5 Å². The number of hydrogen-bond acceptors (Lipinski definition) is 3. The molecule has 0 atom stereocenters. The number of esters is 1. The van der Waals surface area contributed by atoms with E-state index in [9.17, 15) is 9.90 Å². The molecule has 0 aliphatic heterocycles.